The highest BCUT2D eigenvalue weighted by molar-refractivity contribution is 14.1. The van der Waals surface area contributed by atoms with Gasteiger partial charge in [0.15, 0.2) is 5.70 Å². The summed E-state index contributed by atoms with van der Waals surface area (Å²) in [5, 5.41) is 0. The molecule has 7 heteroatoms. The molecular weight excluding hydrogens is 501 g/mol. The zero-order chi connectivity index (χ0) is 18.0. The number of carbonyl (C=O) groups excluding carboxylic acids is 1. The van der Waals surface area contributed by atoms with Gasteiger partial charge in [-0.3, -0.25) is 0 Å². The molecule has 0 aliphatic carbocycles. The normalized spacial score (nSPS) is 15.1. The Balaban J connectivity index is 1.97. The maximum absolute atomic E-state index is 12.2. The maximum atomic E-state index is 12.2. The summed E-state index contributed by atoms with van der Waals surface area (Å²) >= 11 is 5.67. The van der Waals surface area contributed by atoms with Crippen LogP contribution in [0.1, 0.15) is 11.1 Å². The molecule has 2 aromatic carbocycles. The maximum Gasteiger partial charge on any atom is 0.363 e. The van der Waals surface area contributed by atoms with Gasteiger partial charge in [0, 0.05) is 25.2 Å². The van der Waals surface area contributed by atoms with E-state index in [1.807, 2.05) is 18.2 Å². The van der Waals surface area contributed by atoms with Crippen LogP contribution in [-0.2, 0) is 9.53 Å². The third kappa shape index (κ3) is 3.87. The second-order valence-electron chi connectivity index (χ2n) is 5.07. The highest BCUT2D eigenvalue weighted by Gasteiger charge is 2.25. The molecule has 0 saturated heterocycles. The Labute approximate surface area is 167 Å². The third-order valence-corrected chi connectivity index (χ3v) is 5.86. The van der Waals surface area contributed by atoms with Gasteiger partial charge in [0.2, 0.25) is 5.90 Å². The van der Waals surface area contributed by atoms with Crippen LogP contribution < -0.4 is 9.47 Å². The highest BCUT2D eigenvalue weighted by atomic mass is 127. The van der Waals surface area contributed by atoms with E-state index >= 15 is 0 Å². The molecule has 0 radical (unpaired) electrons. The van der Waals surface area contributed by atoms with Crippen LogP contribution in [0.2, 0.25) is 0 Å². The predicted molar refractivity (Wildman–Crippen MR) is 107 cm³/mol. The number of carbonyl (C=O) groups is 1. The smallest absolute Gasteiger partial charge is 0.363 e. The summed E-state index contributed by atoms with van der Waals surface area (Å²) in [4.78, 5) is 16.5. The van der Waals surface area contributed by atoms with Crippen molar-refractivity contribution in [2.75, 3.05) is 14.2 Å². The van der Waals surface area contributed by atoms with Gasteiger partial charge in [-0.25, -0.2) is 9.79 Å². The number of cyclic esters (lactones) is 1. The van der Waals surface area contributed by atoms with Gasteiger partial charge in [-0.1, -0.05) is 0 Å². The SMILES string of the molecule is COc1ccc(/C=C2\N=C(c3ccc(I)c(Br)c3)OC2=O)c(OC)c1. The Bertz CT molecular complexity index is 908. The minimum atomic E-state index is -0.498. The zero-order valence-electron chi connectivity index (χ0n) is 13.4. The van der Waals surface area contributed by atoms with Gasteiger partial charge in [-0.2, -0.15) is 0 Å². The van der Waals surface area contributed by atoms with Gasteiger partial charge >= 0.3 is 5.97 Å². The topological polar surface area (TPSA) is 57.1 Å². The van der Waals surface area contributed by atoms with Gasteiger partial charge in [0.05, 0.1) is 14.2 Å². The molecule has 0 saturated carbocycles. The number of benzene rings is 2. The standard InChI is InChI=1S/C18H13BrINO4/c1-23-12-5-3-10(16(9-12)24-2)8-15-18(22)25-17(21-15)11-4-6-14(20)13(19)7-11/h3-9H,1-2H3/b15-8-. The fourth-order valence-electron chi connectivity index (χ4n) is 2.25. The summed E-state index contributed by atoms with van der Waals surface area (Å²) < 4.78 is 17.8. The molecule has 0 unspecified atom stereocenters. The van der Waals surface area contributed by atoms with Gasteiger partial charge < -0.3 is 14.2 Å². The van der Waals surface area contributed by atoms with Crippen molar-refractivity contribution in [1.29, 1.82) is 0 Å². The Kier molecular flexibility index (Phi) is 5.43. The van der Waals surface area contributed by atoms with Crippen LogP contribution in [-0.4, -0.2) is 26.1 Å². The molecular formula is C18H13BrINO4. The Morgan fingerprint density at radius 3 is 2.64 bits per heavy atom. The van der Waals surface area contributed by atoms with E-state index < -0.39 is 5.97 Å². The van der Waals surface area contributed by atoms with Crippen LogP contribution in [0.25, 0.3) is 6.08 Å². The predicted octanol–water partition coefficient (Wildman–Crippen LogP) is 4.42. The van der Waals surface area contributed by atoms with Crippen LogP contribution >= 0.6 is 38.5 Å². The summed E-state index contributed by atoms with van der Waals surface area (Å²) in [6.07, 6.45) is 1.63. The van der Waals surface area contributed by atoms with Crippen LogP contribution in [0.4, 0.5) is 0 Å². The second kappa shape index (κ2) is 7.57. The van der Waals surface area contributed by atoms with E-state index in [1.54, 1.807) is 38.5 Å². The summed E-state index contributed by atoms with van der Waals surface area (Å²) in [5.74, 6) is 1.03. The first-order chi connectivity index (χ1) is 12.0. The number of rotatable bonds is 4. The molecule has 0 N–H and O–H groups in total. The van der Waals surface area contributed by atoms with Crippen molar-refractivity contribution in [3.63, 3.8) is 0 Å². The van der Waals surface area contributed by atoms with Gasteiger partial charge in [-0.05, 0) is 74.9 Å². The number of esters is 1. The molecule has 0 spiro atoms. The van der Waals surface area contributed by atoms with E-state index in [0.29, 0.717) is 17.1 Å². The van der Waals surface area contributed by atoms with Crippen LogP contribution in [0.5, 0.6) is 11.5 Å². The van der Waals surface area contributed by atoms with E-state index in [1.165, 1.54) is 0 Å². The number of hydrogen-bond donors (Lipinski definition) is 0. The average molecular weight is 514 g/mol. The van der Waals surface area contributed by atoms with E-state index in [2.05, 4.69) is 43.5 Å². The Morgan fingerprint density at radius 2 is 1.96 bits per heavy atom. The lowest BCUT2D eigenvalue weighted by molar-refractivity contribution is -0.129. The van der Waals surface area contributed by atoms with E-state index in [0.717, 1.165) is 13.6 Å². The van der Waals surface area contributed by atoms with E-state index in [4.69, 9.17) is 14.2 Å². The molecule has 0 atom stereocenters. The minimum Gasteiger partial charge on any atom is -0.497 e. The summed E-state index contributed by atoms with van der Waals surface area (Å²) in [6, 6.07) is 11.0. The monoisotopic (exact) mass is 513 g/mol. The number of halogens is 2. The van der Waals surface area contributed by atoms with E-state index in [9.17, 15) is 4.79 Å². The Morgan fingerprint density at radius 1 is 1.16 bits per heavy atom. The summed E-state index contributed by atoms with van der Waals surface area (Å²) in [7, 11) is 3.14. The molecule has 1 heterocycles. The van der Waals surface area contributed by atoms with Crippen LogP contribution in [0.3, 0.4) is 0 Å². The quantitative estimate of drug-likeness (QED) is 0.345. The summed E-state index contributed by atoms with van der Waals surface area (Å²) in [5.41, 5.74) is 1.66. The lowest BCUT2D eigenvalue weighted by atomic mass is 10.1. The van der Waals surface area contributed by atoms with Crippen molar-refractivity contribution in [2.45, 2.75) is 0 Å². The van der Waals surface area contributed by atoms with Crippen LogP contribution in [0.15, 0.2) is 51.6 Å². The molecule has 1 aliphatic rings. The molecule has 3 rings (SSSR count). The van der Waals surface area contributed by atoms with Gasteiger partial charge in [-0.15, -0.1) is 0 Å². The zero-order valence-corrected chi connectivity index (χ0v) is 17.1. The molecule has 0 amide bonds. The van der Waals surface area contributed by atoms with Crippen molar-refractivity contribution >= 4 is 56.5 Å². The molecule has 1 aliphatic heterocycles. The van der Waals surface area contributed by atoms with Gasteiger partial charge in [0.1, 0.15) is 11.5 Å². The molecule has 25 heavy (non-hydrogen) atoms. The molecule has 0 aromatic heterocycles. The van der Waals surface area contributed by atoms with Crippen molar-refractivity contribution in [2.24, 2.45) is 4.99 Å². The molecule has 128 valence electrons. The van der Waals surface area contributed by atoms with Crippen molar-refractivity contribution < 1.29 is 19.0 Å². The molecule has 2 aromatic rings. The van der Waals surface area contributed by atoms with Crippen molar-refractivity contribution in [3.05, 3.63) is 61.3 Å². The third-order valence-electron chi connectivity index (χ3n) is 3.52. The molecule has 5 nitrogen and oxygen atoms in total. The first kappa shape index (κ1) is 17.9. The number of methoxy groups -OCH3 is 2. The largest absolute Gasteiger partial charge is 0.497 e. The number of ether oxygens (including phenoxy) is 3. The highest BCUT2D eigenvalue weighted by Crippen LogP contribution is 2.29. The average Bonchev–Trinajstić information content (AvgIpc) is 2.98. The fourth-order valence-corrected chi connectivity index (χ4v) is 2.96. The summed E-state index contributed by atoms with van der Waals surface area (Å²) in [6.45, 7) is 0. The first-order valence-electron chi connectivity index (χ1n) is 7.22. The second-order valence-corrected chi connectivity index (χ2v) is 7.09. The van der Waals surface area contributed by atoms with Gasteiger partial charge in [0.25, 0.3) is 0 Å². The molecule has 0 fully saturated rings. The van der Waals surface area contributed by atoms with Crippen molar-refractivity contribution in [3.8, 4) is 11.5 Å². The lowest BCUT2D eigenvalue weighted by Gasteiger charge is -2.07. The number of hydrogen-bond acceptors (Lipinski definition) is 5. The molecule has 0 bridgehead atoms. The van der Waals surface area contributed by atoms with E-state index in [-0.39, 0.29) is 11.6 Å². The number of nitrogens with zero attached hydrogens (tertiary/aromatic N) is 1. The lowest BCUT2D eigenvalue weighted by Crippen LogP contribution is -2.05. The number of aliphatic imine (C=N–C) groups is 1. The minimum absolute atomic E-state index is 0.216. The van der Waals surface area contributed by atoms with Crippen molar-refractivity contribution in [1.82, 2.24) is 0 Å². The first-order valence-corrected chi connectivity index (χ1v) is 9.09. The Hall–Kier alpha value is -1.87. The van der Waals surface area contributed by atoms with Crippen LogP contribution in [0, 0.1) is 3.57 Å². The fraction of sp³-hybridized carbons (Fsp3) is 0.111.